The van der Waals surface area contributed by atoms with E-state index < -0.39 is 0 Å². The van der Waals surface area contributed by atoms with Crippen LogP contribution >= 0.6 is 11.6 Å². The first-order chi connectivity index (χ1) is 10.6. The molecule has 0 atom stereocenters. The Morgan fingerprint density at radius 3 is 2.64 bits per heavy atom. The lowest BCUT2D eigenvalue weighted by Crippen LogP contribution is -2.13. The van der Waals surface area contributed by atoms with Gasteiger partial charge in [0.1, 0.15) is 0 Å². The second-order valence-corrected chi connectivity index (χ2v) is 5.49. The molecule has 0 saturated carbocycles. The molecule has 2 aromatic heterocycles. The predicted molar refractivity (Wildman–Crippen MR) is 88.6 cm³/mol. The van der Waals surface area contributed by atoms with Gasteiger partial charge in [-0.15, -0.1) is 0 Å². The van der Waals surface area contributed by atoms with Crippen molar-refractivity contribution in [1.29, 1.82) is 0 Å². The molecule has 4 rings (SSSR count). The Bertz CT molecular complexity index is 1060. The molecule has 0 spiro atoms. The van der Waals surface area contributed by atoms with Crippen LogP contribution in [-0.4, -0.2) is 14.8 Å². The highest BCUT2D eigenvalue weighted by Crippen LogP contribution is 2.23. The molecule has 0 amide bonds. The molecule has 22 heavy (non-hydrogen) atoms. The molecular formula is C16H11ClN4O. The lowest BCUT2D eigenvalue weighted by Gasteiger charge is -2.01. The first-order valence-electron chi connectivity index (χ1n) is 6.68. The quantitative estimate of drug-likeness (QED) is 0.530. The van der Waals surface area contributed by atoms with Gasteiger partial charge in [-0.25, -0.2) is 4.68 Å². The summed E-state index contributed by atoms with van der Waals surface area (Å²) < 4.78 is 1.48. The number of pyridine rings is 1. The molecule has 2 aromatic carbocycles. The van der Waals surface area contributed by atoms with Gasteiger partial charge in [-0.3, -0.25) is 14.9 Å². The maximum Gasteiger partial charge on any atom is 0.280 e. The molecule has 0 aliphatic carbocycles. The first kappa shape index (κ1) is 12.9. The van der Waals surface area contributed by atoms with Gasteiger partial charge in [-0.05, 0) is 42.5 Å². The lowest BCUT2D eigenvalue weighted by atomic mass is 10.1. The molecule has 0 radical (unpaired) electrons. The summed E-state index contributed by atoms with van der Waals surface area (Å²) in [4.78, 5) is 16.9. The van der Waals surface area contributed by atoms with Gasteiger partial charge in [0.2, 0.25) is 0 Å². The largest absolute Gasteiger partial charge is 0.399 e. The molecule has 6 heteroatoms. The Balaban J connectivity index is 2.07. The van der Waals surface area contributed by atoms with Crippen molar-refractivity contribution < 1.29 is 0 Å². The van der Waals surface area contributed by atoms with E-state index in [2.05, 4.69) is 10.1 Å². The number of rotatable bonds is 1. The van der Waals surface area contributed by atoms with Gasteiger partial charge >= 0.3 is 0 Å². The molecule has 4 aromatic rings. The maximum atomic E-state index is 12.6. The second kappa shape index (κ2) is 4.61. The van der Waals surface area contributed by atoms with Crippen LogP contribution in [-0.2, 0) is 0 Å². The number of H-pyrrole nitrogens is 1. The molecule has 0 saturated heterocycles. The Morgan fingerprint density at radius 2 is 1.86 bits per heavy atom. The number of aromatic nitrogens is 3. The van der Waals surface area contributed by atoms with E-state index in [1.165, 1.54) is 4.68 Å². The van der Waals surface area contributed by atoms with Gasteiger partial charge in [-0.2, -0.15) is 0 Å². The molecule has 0 bridgehead atoms. The van der Waals surface area contributed by atoms with E-state index >= 15 is 0 Å². The second-order valence-electron chi connectivity index (χ2n) is 5.05. The number of fused-ring (bicyclic) bond motifs is 3. The third kappa shape index (κ3) is 1.87. The molecule has 0 aliphatic rings. The molecule has 3 N–H and O–H groups in total. The molecule has 0 aliphatic heterocycles. The lowest BCUT2D eigenvalue weighted by molar-refractivity contribution is 0.865. The molecule has 5 nitrogen and oxygen atoms in total. The Hall–Kier alpha value is -2.79. The van der Waals surface area contributed by atoms with Crippen LogP contribution in [0.2, 0.25) is 5.02 Å². The minimum Gasteiger partial charge on any atom is -0.399 e. The molecule has 0 unspecified atom stereocenters. The van der Waals surface area contributed by atoms with Crippen molar-refractivity contribution in [2.45, 2.75) is 0 Å². The number of nitrogens with zero attached hydrogens (tertiary/aromatic N) is 2. The molecule has 108 valence electrons. The summed E-state index contributed by atoms with van der Waals surface area (Å²) in [6.07, 6.45) is 1.58. The van der Waals surface area contributed by atoms with Crippen LogP contribution in [0.25, 0.3) is 27.5 Å². The van der Waals surface area contributed by atoms with E-state index in [0.29, 0.717) is 21.8 Å². The van der Waals surface area contributed by atoms with Crippen molar-refractivity contribution in [3.05, 3.63) is 64.0 Å². The number of hydrogen-bond donors (Lipinski definition) is 2. The summed E-state index contributed by atoms with van der Waals surface area (Å²) in [5, 5.41) is 5.10. The summed E-state index contributed by atoms with van der Waals surface area (Å²) in [5.41, 5.74) is 8.53. The number of aromatic amines is 1. The minimum absolute atomic E-state index is 0.158. The van der Waals surface area contributed by atoms with Gasteiger partial charge < -0.3 is 5.73 Å². The number of halogens is 1. The van der Waals surface area contributed by atoms with E-state index in [4.69, 9.17) is 17.3 Å². The number of anilines is 1. The van der Waals surface area contributed by atoms with Gasteiger partial charge in [0.15, 0.2) is 0 Å². The molecule has 0 fully saturated rings. The van der Waals surface area contributed by atoms with Crippen LogP contribution in [0, 0.1) is 0 Å². The van der Waals surface area contributed by atoms with Gasteiger partial charge in [0.25, 0.3) is 5.56 Å². The van der Waals surface area contributed by atoms with Crippen LogP contribution in [0.1, 0.15) is 0 Å². The van der Waals surface area contributed by atoms with E-state index in [0.717, 1.165) is 16.4 Å². The SMILES string of the molecule is Nc1ccc2ncc3c(=O)n(-c4ccc(Cl)cc4)[nH]c3c2c1. The fourth-order valence-corrected chi connectivity index (χ4v) is 2.67. The van der Waals surface area contributed by atoms with Gasteiger partial charge in [0, 0.05) is 22.3 Å². The Kier molecular flexibility index (Phi) is 2.71. The highest BCUT2D eigenvalue weighted by atomic mass is 35.5. The third-order valence-electron chi connectivity index (χ3n) is 3.63. The summed E-state index contributed by atoms with van der Waals surface area (Å²) in [7, 11) is 0. The zero-order chi connectivity index (χ0) is 15.3. The predicted octanol–water partition coefficient (Wildman–Crippen LogP) is 3.10. The summed E-state index contributed by atoms with van der Waals surface area (Å²) in [6, 6.07) is 12.5. The summed E-state index contributed by atoms with van der Waals surface area (Å²) in [5.74, 6) is 0. The van der Waals surface area contributed by atoms with Crippen molar-refractivity contribution in [3.8, 4) is 5.69 Å². The minimum atomic E-state index is -0.158. The van der Waals surface area contributed by atoms with Crippen LogP contribution in [0.5, 0.6) is 0 Å². The van der Waals surface area contributed by atoms with Gasteiger partial charge in [0.05, 0.1) is 22.1 Å². The Morgan fingerprint density at radius 1 is 1.09 bits per heavy atom. The highest BCUT2D eigenvalue weighted by molar-refractivity contribution is 6.30. The van der Waals surface area contributed by atoms with Crippen LogP contribution < -0.4 is 11.3 Å². The zero-order valence-corrected chi connectivity index (χ0v) is 12.1. The van der Waals surface area contributed by atoms with Crippen LogP contribution in [0.3, 0.4) is 0 Å². The fourth-order valence-electron chi connectivity index (χ4n) is 2.55. The average molecular weight is 311 g/mol. The van der Waals surface area contributed by atoms with E-state index in [1.54, 1.807) is 36.5 Å². The maximum absolute atomic E-state index is 12.6. The van der Waals surface area contributed by atoms with E-state index in [9.17, 15) is 4.79 Å². The van der Waals surface area contributed by atoms with Crippen molar-refractivity contribution >= 4 is 39.1 Å². The number of nitrogens with one attached hydrogen (secondary N) is 1. The van der Waals surface area contributed by atoms with Crippen molar-refractivity contribution in [2.75, 3.05) is 5.73 Å². The average Bonchev–Trinajstić information content (AvgIpc) is 2.86. The highest BCUT2D eigenvalue weighted by Gasteiger charge is 2.12. The number of hydrogen-bond acceptors (Lipinski definition) is 3. The van der Waals surface area contributed by atoms with Gasteiger partial charge in [-0.1, -0.05) is 11.6 Å². The van der Waals surface area contributed by atoms with E-state index in [1.807, 2.05) is 12.1 Å². The molecular weight excluding hydrogens is 300 g/mol. The fraction of sp³-hybridized carbons (Fsp3) is 0. The smallest absolute Gasteiger partial charge is 0.280 e. The van der Waals surface area contributed by atoms with Crippen LogP contribution in [0.4, 0.5) is 5.69 Å². The first-order valence-corrected chi connectivity index (χ1v) is 7.06. The van der Waals surface area contributed by atoms with Crippen LogP contribution in [0.15, 0.2) is 53.5 Å². The number of benzene rings is 2. The number of nitrogens with two attached hydrogens (primary N) is 1. The summed E-state index contributed by atoms with van der Waals surface area (Å²) >= 11 is 5.89. The normalized spacial score (nSPS) is 11.3. The monoisotopic (exact) mass is 310 g/mol. The van der Waals surface area contributed by atoms with Crippen molar-refractivity contribution in [1.82, 2.24) is 14.8 Å². The Labute approximate surface area is 129 Å². The molecule has 2 heterocycles. The zero-order valence-electron chi connectivity index (χ0n) is 11.4. The van der Waals surface area contributed by atoms with Crippen molar-refractivity contribution in [2.24, 2.45) is 0 Å². The standard InChI is InChI=1S/C16H11ClN4O/c17-9-1-4-11(5-2-9)21-16(22)13-8-19-14-6-3-10(18)7-12(14)15(13)20-21/h1-8,20H,18H2. The van der Waals surface area contributed by atoms with E-state index in [-0.39, 0.29) is 5.56 Å². The number of nitrogen functional groups attached to an aromatic ring is 1. The third-order valence-corrected chi connectivity index (χ3v) is 3.89. The summed E-state index contributed by atoms with van der Waals surface area (Å²) in [6.45, 7) is 0. The topological polar surface area (TPSA) is 76.7 Å². The van der Waals surface area contributed by atoms with Crippen molar-refractivity contribution in [3.63, 3.8) is 0 Å².